The Balaban J connectivity index is 2.87. The van der Waals surface area contributed by atoms with Gasteiger partial charge < -0.3 is 0 Å². The van der Waals surface area contributed by atoms with Crippen LogP contribution in [0.3, 0.4) is 0 Å². The maximum absolute atomic E-state index is 4.04. The molecule has 0 fully saturated rings. The Labute approximate surface area is 133 Å². The van der Waals surface area contributed by atoms with Gasteiger partial charge in [-0.2, -0.15) is 0 Å². The molecule has 0 saturated heterocycles. The lowest BCUT2D eigenvalue weighted by atomic mass is 10.0. The molecule has 0 aromatic heterocycles. The summed E-state index contributed by atoms with van der Waals surface area (Å²) in [5.74, 6) is 0. The minimum absolute atomic E-state index is 0.581. The number of unbranched alkanes of at least 4 members (excludes halogenated alkanes) is 3. The molecule has 0 nitrogen and oxygen atoms in total. The summed E-state index contributed by atoms with van der Waals surface area (Å²) >= 11 is 0. The van der Waals surface area contributed by atoms with Crippen LogP contribution < -0.4 is 0 Å². The molecule has 0 heterocycles. The lowest BCUT2D eigenvalue weighted by Gasteiger charge is -2.27. The van der Waals surface area contributed by atoms with Crippen LogP contribution in [-0.2, 0) is 0 Å². The summed E-state index contributed by atoms with van der Waals surface area (Å²) in [4.78, 5) is 0. The summed E-state index contributed by atoms with van der Waals surface area (Å²) in [6.45, 7) is 13.7. The fourth-order valence-corrected chi connectivity index (χ4v) is 4.64. The van der Waals surface area contributed by atoms with E-state index in [-0.39, 0.29) is 0 Å². The van der Waals surface area contributed by atoms with Crippen molar-refractivity contribution in [1.29, 1.82) is 0 Å². The molecule has 0 bridgehead atoms. The van der Waals surface area contributed by atoms with Gasteiger partial charge in [0.05, 0.1) is 8.07 Å². The van der Waals surface area contributed by atoms with Crippen LogP contribution in [0.4, 0.5) is 0 Å². The second kappa shape index (κ2) is 9.04. The second-order valence-electron chi connectivity index (χ2n) is 7.01. The van der Waals surface area contributed by atoms with E-state index in [0.29, 0.717) is 5.54 Å². The van der Waals surface area contributed by atoms with Crippen LogP contribution in [0, 0.1) is 0 Å². The second-order valence-corrected chi connectivity index (χ2v) is 12.4. The van der Waals surface area contributed by atoms with Crippen LogP contribution in [-0.4, -0.2) is 8.07 Å². The van der Waals surface area contributed by atoms with Gasteiger partial charge in [-0.3, -0.25) is 0 Å². The normalized spacial score (nSPS) is 14.0. The Morgan fingerprint density at radius 3 is 2.29 bits per heavy atom. The molecule has 1 heteroatoms. The highest BCUT2D eigenvalue weighted by Crippen LogP contribution is 2.30. The fraction of sp³-hybridized carbons (Fsp3) is 0.500. The summed E-state index contributed by atoms with van der Waals surface area (Å²) in [7, 11) is -1.29. The van der Waals surface area contributed by atoms with E-state index in [1.807, 2.05) is 0 Å². The quantitative estimate of drug-likeness (QED) is 0.269. The van der Waals surface area contributed by atoms with Gasteiger partial charge in [-0.1, -0.05) is 100 Å². The lowest BCUT2D eigenvalue weighted by Crippen LogP contribution is -2.30. The molecule has 116 valence electrons. The molecule has 21 heavy (non-hydrogen) atoms. The third kappa shape index (κ3) is 6.47. The zero-order valence-corrected chi connectivity index (χ0v) is 15.4. The summed E-state index contributed by atoms with van der Waals surface area (Å²) in [5, 5.41) is 0. The first-order valence-corrected chi connectivity index (χ1v) is 11.9. The maximum Gasteiger partial charge on any atom is 0.0565 e. The summed E-state index contributed by atoms with van der Waals surface area (Å²) in [6, 6.07) is 11.0. The van der Waals surface area contributed by atoms with Crippen LogP contribution in [0.25, 0.3) is 0 Å². The van der Waals surface area contributed by atoms with E-state index in [9.17, 15) is 0 Å². The third-order valence-electron chi connectivity index (χ3n) is 4.05. The molecule has 1 atom stereocenters. The predicted octanol–water partition coefficient (Wildman–Crippen LogP) is 6.73. The van der Waals surface area contributed by atoms with E-state index in [1.165, 1.54) is 43.2 Å². The van der Waals surface area contributed by atoms with Crippen molar-refractivity contribution in [2.75, 3.05) is 0 Å². The van der Waals surface area contributed by atoms with Crippen molar-refractivity contribution >= 4 is 8.07 Å². The molecule has 1 rings (SSSR count). The molecular weight excluding hydrogens is 268 g/mol. The SMILES string of the molecule is C=C/C(=C\C(c1ccccc1)[Si](C)(C)C)CCCCCC. The Morgan fingerprint density at radius 2 is 1.76 bits per heavy atom. The summed E-state index contributed by atoms with van der Waals surface area (Å²) < 4.78 is 0. The van der Waals surface area contributed by atoms with Crippen molar-refractivity contribution < 1.29 is 0 Å². The van der Waals surface area contributed by atoms with E-state index >= 15 is 0 Å². The van der Waals surface area contributed by atoms with Crippen LogP contribution >= 0.6 is 0 Å². The molecule has 0 N–H and O–H groups in total. The molecule has 0 amide bonds. The average Bonchev–Trinajstić information content (AvgIpc) is 2.46. The van der Waals surface area contributed by atoms with E-state index in [0.717, 1.165) is 0 Å². The molecule has 0 aliphatic carbocycles. The van der Waals surface area contributed by atoms with Crippen molar-refractivity contribution in [3.63, 3.8) is 0 Å². The van der Waals surface area contributed by atoms with E-state index in [2.05, 4.69) is 75.6 Å². The Bertz CT molecular complexity index is 437. The molecular formula is C20H32Si. The largest absolute Gasteiger partial charge is 0.0988 e. The molecule has 0 spiro atoms. The first-order chi connectivity index (χ1) is 9.99. The van der Waals surface area contributed by atoms with Gasteiger partial charge >= 0.3 is 0 Å². The number of rotatable bonds is 9. The predicted molar refractivity (Wildman–Crippen MR) is 99.6 cm³/mol. The zero-order valence-electron chi connectivity index (χ0n) is 14.4. The summed E-state index contributed by atoms with van der Waals surface area (Å²) in [5.41, 5.74) is 3.48. The van der Waals surface area contributed by atoms with Crippen LogP contribution in [0.2, 0.25) is 19.6 Å². The minimum Gasteiger partial charge on any atom is -0.0988 e. The molecule has 1 aromatic carbocycles. The van der Waals surface area contributed by atoms with Gasteiger partial charge in [0, 0.05) is 0 Å². The Morgan fingerprint density at radius 1 is 1.10 bits per heavy atom. The first kappa shape index (κ1) is 18.0. The number of benzene rings is 1. The average molecular weight is 301 g/mol. The van der Waals surface area contributed by atoms with Gasteiger partial charge in [-0.15, -0.1) is 0 Å². The smallest absolute Gasteiger partial charge is 0.0565 e. The van der Waals surface area contributed by atoms with Gasteiger partial charge in [-0.25, -0.2) is 0 Å². The molecule has 0 saturated carbocycles. The minimum atomic E-state index is -1.29. The number of hydrogen-bond acceptors (Lipinski definition) is 0. The maximum atomic E-state index is 4.04. The van der Waals surface area contributed by atoms with Crippen molar-refractivity contribution in [3.05, 3.63) is 60.2 Å². The lowest BCUT2D eigenvalue weighted by molar-refractivity contribution is 0.667. The van der Waals surface area contributed by atoms with E-state index in [4.69, 9.17) is 0 Å². The van der Waals surface area contributed by atoms with Gasteiger partial charge in [-0.05, 0) is 23.9 Å². The number of allylic oxidation sites excluding steroid dienone is 3. The van der Waals surface area contributed by atoms with E-state index < -0.39 is 8.07 Å². The molecule has 0 radical (unpaired) electrons. The Hall–Kier alpha value is -1.08. The van der Waals surface area contributed by atoms with Crippen LogP contribution in [0.15, 0.2) is 54.6 Å². The van der Waals surface area contributed by atoms with Gasteiger partial charge in [0.2, 0.25) is 0 Å². The van der Waals surface area contributed by atoms with Gasteiger partial charge in [0.25, 0.3) is 0 Å². The van der Waals surface area contributed by atoms with Crippen LogP contribution in [0.1, 0.15) is 50.1 Å². The Kier molecular flexibility index (Phi) is 7.74. The van der Waals surface area contributed by atoms with Crippen molar-refractivity contribution in [3.8, 4) is 0 Å². The van der Waals surface area contributed by atoms with Crippen molar-refractivity contribution in [2.45, 2.75) is 64.2 Å². The molecule has 0 aliphatic rings. The molecule has 1 unspecified atom stereocenters. The zero-order chi connectivity index (χ0) is 15.7. The third-order valence-corrected chi connectivity index (χ3v) is 6.42. The topological polar surface area (TPSA) is 0 Å². The van der Waals surface area contributed by atoms with Crippen LogP contribution in [0.5, 0.6) is 0 Å². The standard InChI is InChI=1S/C20H32Si/c1-6-8-9-11-14-18(7-2)17-20(21(3,4)5)19-15-12-10-13-16-19/h7,10,12-13,15-17,20H,2,6,8-9,11,14H2,1,3-5H3/b18-17+. The monoisotopic (exact) mass is 300 g/mol. The number of hydrogen-bond donors (Lipinski definition) is 0. The highest BCUT2D eigenvalue weighted by atomic mass is 28.3. The van der Waals surface area contributed by atoms with Gasteiger partial charge in [0.15, 0.2) is 0 Å². The highest BCUT2D eigenvalue weighted by Gasteiger charge is 2.26. The fourth-order valence-electron chi connectivity index (χ4n) is 2.73. The van der Waals surface area contributed by atoms with E-state index in [1.54, 1.807) is 0 Å². The van der Waals surface area contributed by atoms with Crippen molar-refractivity contribution in [1.82, 2.24) is 0 Å². The first-order valence-electron chi connectivity index (χ1n) is 8.37. The molecule has 1 aromatic rings. The van der Waals surface area contributed by atoms with Gasteiger partial charge in [0.1, 0.15) is 0 Å². The molecule has 0 aliphatic heterocycles. The van der Waals surface area contributed by atoms with Crippen molar-refractivity contribution in [2.24, 2.45) is 0 Å². The highest BCUT2D eigenvalue weighted by molar-refractivity contribution is 6.78. The summed E-state index contributed by atoms with van der Waals surface area (Å²) in [6.07, 6.45) is 11.0.